The van der Waals surface area contributed by atoms with Gasteiger partial charge < -0.3 is 25.0 Å². The van der Waals surface area contributed by atoms with Gasteiger partial charge in [0.15, 0.2) is 5.96 Å². The average Bonchev–Trinajstić information content (AvgIpc) is 3.12. The SMILES string of the molecule is CCOCCCCNC(=NC)NC1CCN(c2cc(Cl)ccc2OC)C1. The summed E-state index contributed by atoms with van der Waals surface area (Å²) in [5.41, 5.74) is 1.04. The van der Waals surface area contributed by atoms with Crippen molar-refractivity contribution in [3.8, 4) is 5.75 Å². The number of nitrogens with zero attached hydrogens (tertiary/aromatic N) is 2. The number of rotatable bonds is 9. The number of methoxy groups -OCH3 is 1. The van der Waals surface area contributed by atoms with Crippen LogP contribution in [-0.2, 0) is 4.74 Å². The summed E-state index contributed by atoms with van der Waals surface area (Å²) in [4.78, 5) is 6.63. The minimum atomic E-state index is 0.341. The van der Waals surface area contributed by atoms with E-state index in [1.165, 1.54) is 0 Å². The van der Waals surface area contributed by atoms with Crippen molar-refractivity contribution in [1.82, 2.24) is 10.6 Å². The van der Waals surface area contributed by atoms with Gasteiger partial charge in [0.2, 0.25) is 0 Å². The van der Waals surface area contributed by atoms with Gasteiger partial charge in [-0.25, -0.2) is 0 Å². The largest absolute Gasteiger partial charge is 0.495 e. The summed E-state index contributed by atoms with van der Waals surface area (Å²) in [7, 11) is 3.50. The van der Waals surface area contributed by atoms with Crippen molar-refractivity contribution in [2.24, 2.45) is 4.99 Å². The smallest absolute Gasteiger partial charge is 0.191 e. The van der Waals surface area contributed by atoms with Crippen LogP contribution >= 0.6 is 11.6 Å². The molecule has 1 aliphatic heterocycles. The molecule has 1 fully saturated rings. The predicted octanol–water partition coefficient (Wildman–Crippen LogP) is 2.91. The second kappa shape index (κ2) is 11.1. The van der Waals surface area contributed by atoms with Gasteiger partial charge >= 0.3 is 0 Å². The molecule has 0 radical (unpaired) electrons. The zero-order valence-electron chi connectivity index (χ0n) is 16.1. The molecule has 146 valence electrons. The lowest BCUT2D eigenvalue weighted by Crippen LogP contribution is -2.44. The molecular formula is C19H31ClN4O2. The van der Waals surface area contributed by atoms with Crippen LogP contribution in [0.3, 0.4) is 0 Å². The van der Waals surface area contributed by atoms with Gasteiger partial charge in [0.05, 0.1) is 12.8 Å². The molecule has 0 saturated carbocycles. The molecule has 1 aromatic carbocycles. The number of aliphatic imine (C=N–C) groups is 1. The van der Waals surface area contributed by atoms with Crippen molar-refractivity contribution < 1.29 is 9.47 Å². The highest BCUT2D eigenvalue weighted by atomic mass is 35.5. The minimum absolute atomic E-state index is 0.341. The fourth-order valence-corrected chi connectivity index (χ4v) is 3.24. The van der Waals surface area contributed by atoms with Crippen LogP contribution in [0.25, 0.3) is 0 Å². The molecule has 1 heterocycles. The summed E-state index contributed by atoms with van der Waals surface area (Å²) in [6.45, 7) is 6.37. The van der Waals surface area contributed by atoms with E-state index in [0.717, 1.165) is 74.5 Å². The maximum absolute atomic E-state index is 6.16. The molecule has 0 aromatic heterocycles. The van der Waals surface area contributed by atoms with Crippen LogP contribution in [-0.4, -0.2) is 59.0 Å². The molecule has 0 amide bonds. The Morgan fingerprint density at radius 3 is 2.96 bits per heavy atom. The molecule has 2 N–H and O–H groups in total. The maximum atomic E-state index is 6.16. The van der Waals surface area contributed by atoms with Gasteiger partial charge in [-0.05, 0) is 44.4 Å². The Kier molecular flexibility index (Phi) is 8.85. The van der Waals surface area contributed by atoms with Gasteiger partial charge in [-0.15, -0.1) is 0 Å². The number of nitrogens with one attached hydrogen (secondary N) is 2. The first-order valence-electron chi connectivity index (χ1n) is 9.31. The van der Waals surface area contributed by atoms with E-state index < -0.39 is 0 Å². The Labute approximate surface area is 161 Å². The number of guanidine groups is 1. The lowest BCUT2D eigenvalue weighted by molar-refractivity contribution is 0.143. The molecule has 2 rings (SSSR count). The third-order valence-corrected chi connectivity index (χ3v) is 4.68. The van der Waals surface area contributed by atoms with E-state index in [0.29, 0.717) is 6.04 Å². The highest BCUT2D eigenvalue weighted by Crippen LogP contribution is 2.33. The van der Waals surface area contributed by atoms with E-state index in [9.17, 15) is 0 Å². The van der Waals surface area contributed by atoms with Gasteiger partial charge in [0.1, 0.15) is 5.75 Å². The Hall–Kier alpha value is -1.66. The number of halogens is 1. The lowest BCUT2D eigenvalue weighted by atomic mass is 10.2. The molecule has 0 spiro atoms. The van der Waals surface area contributed by atoms with E-state index in [4.69, 9.17) is 21.1 Å². The molecule has 1 aliphatic rings. The first-order chi connectivity index (χ1) is 12.7. The molecule has 1 aromatic rings. The zero-order valence-corrected chi connectivity index (χ0v) is 16.8. The van der Waals surface area contributed by atoms with Crippen LogP contribution in [0.5, 0.6) is 5.75 Å². The van der Waals surface area contributed by atoms with Gasteiger partial charge in [-0.1, -0.05) is 11.6 Å². The number of anilines is 1. The first-order valence-corrected chi connectivity index (χ1v) is 9.69. The topological polar surface area (TPSA) is 58.1 Å². The van der Waals surface area contributed by atoms with E-state index in [1.807, 2.05) is 32.2 Å². The molecule has 1 atom stereocenters. The lowest BCUT2D eigenvalue weighted by Gasteiger charge is -2.22. The van der Waals surface area contributed by atoms with Gasteiger partial charge in [0, 0.05) is 51.0 Å². The van der Waals surface area contributed by atoms with Crippen molar-refractivity contribution >= 4 is 23.2 Å². The normalized spacial score (nSPS) is 17.5. The van der Waals surface area contributed by atoms with Crippen molar-refractivity contribution in [2.45, 2.75) is 32.2 Å². The zero-order chi connectivity index (χ0) is 18.8. The summed E-state index contributed by atoms with van der Waals surface area (Å²) in [5.74, 6) is 1.71. The van der Waals surface area contributed by atoms with Crippen LogP contribution < -0.4 is 20.3 Å². The number of unbranched alkanes of at least 4 members (excludes halogenated alkanes) is 1. The third kappa shape index (κ3) is 6.25. The first kappa shape index (κ1) is 20.6. The number of ether oxygens (including phenoxy) is 2. The molecule has 26 heavy (non-hydrogen) atoms. The molecule has 0 bridgehead atoms. The van der Waals surface area contributed by atoms with Crippen molar-refractivity contribution in [3.05, 3.63) is 23.2 Å². The third-order valence-electron chi connectivity index (χ3n) is 4.45. The van der Waals surface area contributed by atoms with Crippen molar-refractivity contribution in [2.75, 3.05) is 51.9 Å². The molecule has 0 aliphatic carbocycles. The fourth-order valence-electron chi connectivity index (χ4n) is 3.08. The van der Waals surface area contributed by atoms with Crippen LogP contribution in [0.2, 0.25) is 5.02 Å². The Bertz CT molecular complexity index is 583. The molecule has 6 nitrogen and oxygen atoms in total. The van der Waals surface area contributed by atoms with Gasteiger partial charge in [0.25, 0.3) is 0 Å². The van der Waals surface area contributed by atoms with Crippen LogP contribution in [0.1, 0.15) is 26.2 Å². The molecule has 1 unspecified atom stereocenters. The quantitative estimate of drug-likeness (QED) is 0.390. The summed E-state index contributed by atoms with van der Waals surface area (Å²) in [5, 5.41) is 7.61. The minimum Gasteiger partial charge on any atom is -0.495 e. The van der Waals surface area contributed by atoms with Gasteiger partial charge in [-0.3, -0.25) is 4.99 Å². The van der Waals surface area contributed by atoms with E-state index >= 15 is 0 Å². The Morgan fingerprint density at radius 2 is 2.23 bits per heavy atom. The maximum Gasteiger partial charge on any atom is 0.191 e. The summed E-state index contributed by atoms with van der Waals surface area (Å²) >= 11 is 6.16. The van der Waals surface area contributed by atoms with Crippen LogP contribution in [0, 0.1) is 0 Å². The highest BCUT2D eigenvalue weighted by molar-refractivity contribution is 6.30. The van der Waals surface area contributed by atoms with Crippen LogP contribution in [0.15, 0.2) is 23.2 Å². The van der Waals surface area contributed by atoms with Crippen molar-refractivity contribution in [3.63, 3.8) is 0 Å². The van der Waals surface area contributed by atoms with Gasteiger partial charge in [-0.2, -0.15) is 0 Å². The summed E-state index contributed by atoms with van der Waals surface area (Å²) in [6, 6.07) is 6.08. The van der Waals surface area contributed by atoms with Crippen molar-refractivity contribution in [1.29, 1.82) is 0 Å². The molecule has 1 saturated heterocycles. The number of hydrogen-bond acceptors (Lipinski definition) is 4. The fraction of sp³-hybridized carbons (Fsp3) is 0.632. The number of benzene rings is 1. The molecule has 7 heteroatoms. The monoisotopic (exact) mass is 382 g/mol. The number of hydrogen-bond donors (Lipinski definition) is 2. The summed E-state index contributed by atoms with van der Waals surface area (Å²) < 4.78 is 10.8. The highest BCUT2D eigenvalue weighted by Gasteiger charge is 2.25. The second-order valence-corrected chi connectivity index (χ2v) is 6.73. The Balaban J connectivity index is 1.80. The average molecular weight is 383 g/mol. The Morgan fingerprint density at radius 1 is 1.38 bits per heavy atom. The molecular weight excluding hydrogens is 352 g/mol. The predicted molar refractivity (Wildman–Crippen MR) is 109 cm³/mol. The standard InChI is InChI=1S/C19H31ClN4O2/c1-4-26-12-6-5-10-22-19(21-2)23-16-9-11-24(14-16)17-13-15(20)7-8-18(17)25-3/h7-8,13,16H,4-6,9-12,14H2,1-3H3,(H2,21,22,23). The van der Waals surface area contributed by atoms with E-state index in [1.54, 1.807) is 7.11 Å². The van der Waals surface area contributed by atoms with Crippen LogP contribution in [0.4, 0.5) is 5.69 Å². The second-order valence-electron chi connectivity index (χ2n) is 6.30. The summed E-state index contributed by atoms with van der Waals surface area (Å²) in [6.07, 6.45) is 3.17. The van der Waals surface area contributed by atoms with E-state index in [2.05, 4.69) is 20.5 Å². The van der Waals surface area contributed by atoms with E-state index in [-0.39, 0.29) is 0 Å².